The minimum atomic E-state index is -0.286. The zero-order chi connectivity index (χ0) is 19.1. The number of aryl methyl sites for hydroxylation is 1. The Balaban J connectivity index is 1.58. The summed E-state index contributed by atoms with van der Waals surface area (Å²) in [6.07, 6.45) is 7.08. The van der Waals surface area contributed by atoms with E-state index in [0.717, 1.165) is 28.0 Å². The van der Waals surface area contributed by atoms with Crippen LogP contribution in [0.25, 0.3) is 11.0 Å². The number of aromatic nitrogens is 4. The Hall–Kier alpha value is -3.81. The summed E-state index contributed by atoms with van der Waals surface area (Å²) in [5.41, 5.74) is 4.19. The fourth-order valence-electron chi connectivity index (χ4n) is 3.47. The second-order valence-electron chi connectivity index (χ2n) is 6.54. The molecule has 0 aliphatic carbocycles. The SMILES string of the molecule is Cn1nccc1C1=NN(C(=O)c2ccco2)C(c2ccc3nccnc3c2)C1. The topological polar surface area (TPSA) is 89.4 Å². The van der Waals surface area contributed by atoms with Gasteiger partial charge in [0.1, 0.15) is 0 Å². The van der Waals surface area contributed by atoms with Crippen LogP contribution in [0.5, 0.6) is 0 Å². The van der Waals surface area contributed by atoms with E-state index in [1.54, 1.807) is 35.4 Å². The first-order chi connectivity index (χ1) is 13.7. The molecule has 3 aromatic heterocycles. The fourth-order valence-corrected chi connectivity index (χ4v) is 3.47. The Morgan fingerprint density at radius 2 is 1.96 bits per heavy atom. The summed E-state index contributed by atoms with van der Waals surface area (Å²) in [4.78, 5) is 21.7. The monoisotopic (exact) mass is 372 g/mol. The Morgan fingerprint density at radius 3 is 2.71 bits per heavy atom. The highest BCUT2D eigenvalue weighted by Crippen LogP contribution is 2.34. The lowest BCUT2D eigenvalue weighted by Gasteiger charge is -2.21. The summed E-state index contributed by atoms with van der Waals surface area (Å²) in [7, 11) is 1.86. The highest BCUT2D eigenvalue weighted by atomic mass is 16.3. The molecule has 1 aromatic carbocycles. The van der Waals surface area contributed by atoms with Gasteiger partial charge in [0.25, 0.3) is 0 Å². The van der Waals surface area contributed by atoms with Crippen molar-refractivity contribution in [3.05, 3.63) is 78.3 Å². The number of rotatable bonds is 3. The van der Waals surface area contributed by atoms with E-state index in [0.29, 0.717) is 6.42 Å². The van der Waals surface area contributed by atoms with Crippen molar-refractivity contribution in [2.75, 3.05) is 0 Å². The Kier molecular flexibility index (Phi) is 3.75. The lowest BCUT2D eigenvalue weighted by atomic mass is 10.00. The van der Waals surface area contributed by atoms with Crippen molar-refractivity contribution in [1.82, 2.24) is 24.8 Å². The zero-order valence-corrected chi connectivity index (χ0v) is 15.1. The van der Waals surface area contributed by atoms with E-state index in [4.69, 9.17) is 4.42 Å². The van der Waals surface area contributed by atoms with Crippen LogP contribution in [0, 0.1) is 0 Å². The molecule has 28 heavy (non-hydrogen) atoms. The predicted molar refractivity (Wildman–Crippen MR) is 102 cm³/mol. The van der Waals surface area contributed by atoms with Gasteiger partial charge < -0.3 is 4.42 Å². The van der Waals surface area contributed by atoms with E-state index in [2.05, 4.69) is 20.2 Å². The third-order valence-corrected chi connectivity index (χ3v) is 4.85. The highest BCUT2D eigenvalue weighted by molar-refractivity contribution is 6.03. The van der Waals surface area contributed by atoms with Gasteiger partial charge in [-0.1, -0.05) is 6.07 Å². The molecular weight excluding hydrogens is 356 g/mol. The highest BCUT2D eigenvalue weighted by Gasteiger charge is 2.35. The van der Waals surface area contributed by atoms with E-state index in [9.17, 15) is 4.79 Å². The molecule has 1 aliphatic heterocycles. The third kappa shape index (κ3) is 2.66. The summed E-state index contributed by atoms with van der Waals surface area (Å²) >= 11 is 0. The van der Waals surface area contributed by atoms with Crippen molar-refractivity contribution >= 4 is 22.7 Å². The van der Waals surface area contributed by atoms with Gasteiger partial charge in [0, 0.05) is 32.1 Å². The molecule has 1 amide bonds. The maximum atomic E-state index is 13.0. The molecule has 4 heterocycles. The standard InChI is InChI=1S/C20H16N6O2/c1-25-17(6-7-23-25)16-12-18(26(24-16)20(27)19-3-2-10-28-19)13-4-5-14-15(11-13)22-9-8-21-14/h2-11,18H,12H2,1H3. The number of carbonyl (C=O) groups excluding carboxylic acids is 1. The van der Waals surface area contributed by atoms with Crippen LogP contribution in [0.2, 0.25) is 0 Å². The molecule has 0 radical (unpaired) electrons. The Labute approximate surface area is 160 Å². The molecule has 8 nitrogen and oxygen atoms in total. The van der Waals surface area contributed by atoms with Crippen LogP contribution in [0.4, 0.5) is 0 Å². The van der Waals surface area contributed by atoms with Crippen LogP contribution < -0.4 is 0 Å². The summed E-state index contributed by atoms with van der Waals surface area (Å²) in [5.74, 6) is -0.0352. The molecule has 1 atom stereocenters. The molecular formula is C20H16N6O2. The molecule has 5 rings (SSSR count). The smallest absolute Gasteiger partial charge is 0.310 e. The van der Waals surface area contributed by atoms with E-state index < -0.39 is 0 Å². The summed E-state index contributed by atoms with van der Waals surface area (Å²) in [6, 6.07) is 10.8. The van der Waals surface area contributed by atoms with Crippen LogP contribution in [0.15, 0.2) is 70.8 Å². The Morgan fingerprint density at radius 1 is 1.11 bits per heavy atom. The summed E-state index contributed by atoms with van der Waals surface area (Å²) in [6.45, 7) is 0. The lowest BCUT2D eigenvalue weighted by Crippen LogP contribution is -2.26. The first kappa shape index (κ1) is 16.4. The number of carbonyl (C=O) groups is 1. The van der Waals surface area contributed by atoms with Crippen molar-refractivity contribution in [2.24, 2.45) is 12.1 Å². The Bertz CT molecular complexity index is 1190. The van der Waals surface area contributed by atoms with Crippen LogP contribution >= 0.6 is 0 Å². The van der Waals surface area contributed by atoms with Gasteiger partial charge in [0.2, 0.25) is 0 Å². The third-order valence-electron chi connectivity index (χ3n) is 4.85. The normalized spacial score (nSPS) is 16.5. The van der Waals surface area contributed by atoms with E-state index >= 15 is 0 Å². The summed E-state index contributed by atoms with van der Waals surface area (Å²) < 4.78 is 7.06. The number of fused-ring (bicyclic) bond motifs is 1. The minimum absolute atomic E-state index is 0.251. The molecule has 1 unspecified atom stereocenters. The maximum absolute atomic E-state index is 13.0. The molecule has 8 heteroatoms. The zero-order valence-electron chi connectivity index (χ0n) is 15.1. The average Bonchev–Trinajstić information content (AvgIpc) is 3.47. The van der Waals surface area contributed by atoms with Gasteiger partial charge in [0.05, 0.1) is 34.7 Å². The van der Waals surface area contributed by atoms with Gasteiger partial charge in [-0.05, 0) is 35.9 Å². The van der Waals surface area contributed by atoms with E-state index in [1.165, 1.54) is 11.3 Å². The van der Waals surface area contributed by atoms with Gasteiger partial charge >= 0.3 is 5.91 Å². The van der Waals surface area contributed by atoms with Gasteiger partial charge in [-0.3, -0.25) is 19.4 Å². The number of hydrogen-bond acceptors (Lipinski definition) is 6. The van der Waals surface area contributed by atoms with Gasteiger partial charge in [0.15, 0.2) is 5.76 Å². The van der Waals surface area contributed by atoms with Crippen molar-refractivity contribution < 1.29 is 9.21 Å². The minimum Gasteiger partial charge on any atom is -0.459 e. The summed E-state index contributed by atoms with van der Waals surface area (Å²) in [5, 5.41) is 10.3. The largest absolute Gasteiger partial charge is 0.459 e. The number of amides is 1. The van der Waals surface area contributed by atoms with E-state index in [-0.39, 0.29) is 17.7 Å². The molecule has 138 valence electrons. The van der Waals surface area contributed by atoms with Crippen molar-refractivity contribution in [3.63, 3.8) is 0 Å². The van der Waals surface area contributed by atoms with Crippen LogP contribution in [0.3, 0.4) is 0 Å². The fraction of sp³-hybridized carbons (Fsp3) is 0.150. The number of hydrazone groups is 1. The van der Waals surface area contributed by atoms with Gasteiger partial charge in [-0.2, -0.15) is 10.2 Å². The molecule has 4 aromatic rings. The number of nitrogens with zero attached hydrogens (tertiary/aromatic N) is 6. The van der Waals surface area contributed by atoms with Crippen molar-refractivity contribution in [2.45, 2.75) is 12.5 Å². The molecule has 1 aliphatic rings. The van der Waals surface area contributed by atoms with E-state index in [1.807, 2.05) is 31.3 Å². The van der Waals surface area contributed by atoms with Crippen LogP contribution in [0.1, 0.15) is 34.3 Å². The molecule has 0 N–H and O–H groups in total. The average molecular weight is 372 g/mol. The predicted octanol–water partition coefficient (Wildman–Crippen LogP) is 2.95. The number of benzene rings is 1. The maximum Gasteiger partial charge on any atom is 0.310 e. The molecule has 0 spiro atoms. The number of hydrogen-bond donors (Lipinski definition) is 0. The first-order valence-electron chi connectivity index (χ1n) is 8.84. The quantitative estimate of drug-likeness (QED) is 0.552. The van der Waals surface area contributed by atoms with Crippen LogP contribution in [-0.4, -0.2) is 36.4 Å². The van der Waals surface area contributed by atoms with Crippen LogP contribution in [-0.2, 0) is 7.05 Å². The molecule has 0 bridgehead atoms. The molecule has 0 saturated heterocycles. The van der Waals surface area contributed by atoms with Gasteiger partial charge in [-0.25, -0.2) is 5.01 Å². The lowest BCUT2D eigenvalue weighted by molar-refractivity contribution is 0.0678. The van der Waals surface area contributed by atoms with Crippen molar-refractivity contribution in [1.29, 1.82) is 0 Å². The molecule has 0 saturated carbocycles. The first-order valence-corrected chi connectivity index (χ1v) is 8.84. The van der Waals surface area contributed by atoms with Gasteiger partial charge in [-0.15, -0.1) is 0 Å². The second-order valence-corrected chi connectivity index (χ2v) is 6.54. The van der Waals surface area contributed by atoms with Crippen molar-refractivity contribution in [3.8, 4) is 0 Å². The second kappa shape index (κ2) is 6.41. The number of furan rings is 1. The molecule has 0 fully saturated rings.